The van der Waals surface area contributed by atoms with Gasteiger partial charge in [-0.15, -0.1) is 0 Å². The molecule has 2 nitrogen and oxygen atoms in total. The minimum Gasteiger partial charge on any atom is -0.481 e. The lowest BCUT2D eigenvalue weighted by Gasteiger charge is -1.90. The van der Waals surface area contributed by atoms with Crippen molar-refractivity contribution in [2.75, 3.05) is 0 Å². The average molecular weight is 192 g/mol. The number of hydrogen-bond donors (Lipinski definition) is 1. The molecule has 72 valence electrons. The Morgan fingerprint density at radius 2 is 2.14 bits per heavy atom. The van der Waals surface area contributed by atoms with Gasteiger partial charge in [0, 0.05) is 6.42 Å². The fraction of sp³-hybridized carbons (Fsp3) is 0.182. The summed E-state index contributed by atoms with van der Waals surface area (Å²) < 4.78 is 13.0. The first-order chi connectivity index (χ1) is 6.70. The van der Waals surface area contributed by atoms with Crippen LogP contribution in [0.15, 0.2) is 24.3 Å². The second kappa shape index (κ2) is 5.03. The molecule has 0 amide bonds. The Hall–Kier alpha value is -1.82. The first kappa shape index (κ1) is 10.3. The minimum atomic E-state index is -0.896. The number of carboxylic acids is 1. The fourth-order valence-electron chi connectivity index (χ4n) is 0.890. The molecule has 14 heavy (non-hydrogen) atoms. The molecule has 1 aromatic rings. The van der Waals surface area contributed by atoms with Gasteiger partial charge in [-0.1, -0.05) is 24.0 Å². The molecule has 1 N–H and O–H groups in total. The Labute approximate surface area is 81.4 Å². The van der Waals surface area contributed by atoms with Crippen molar-refractivity contribution in [2.24, 2.45) is 0 Å². The minimum absolute atomic E-state index is 0.0124. The lowest BCUT2D eigenvalue weighted by atomic mass is 10.2. The fourth-order valence-corrected chi connectivity index (χ4v) is 0.890. The van der Waals surface area contributed by atoms with Crippen molar-refractivity contribution in [3.8, 4) is 11.8 Å². The highest BCUT2D eigenvalue weighted by Gasteiger charge is 1.95. The molecule has 0 spiro atoms. The zero-order valence-electron chi connectivity index (χ0n) is 7.46. The first-order valence-corrected chi connectivity index (χ1v) is 4.15. The van der Waals surface area contributed by atoms with E-state index in [0.29, 0.717) is 5.56 Å². The van der Waals surface area contributed by atoms with E-state index in [1.165, 1.54) is 6.07 Å². The Bertz CT molecular complexity index is 388. The number of carbonyl (C=O) groups is 1. The lowest BCUT2D eigenvalue weighted by molar-refractivity contribution is -0.136. The molecular weight excluding hydrogens is 183 g/mol. The average Bonchev–Trinajstić information content (AvgIpc) is 2.15. The molecule has 3 heteroatoms. The second-order valence-corrected chi connectivity index (χ2v) is 2.68. The maximum atomic E-state index is 13.0. The molecule has 0 saturated heterocycles. The molecule has 0 fully saturated rings. The summed E-state index contributed by atoms with van der Waals surface area (Å²) in [6.45, 7) is 0. The number of carboxylic acid groups (broad SMARTS) is 1. The topological polar surface area (TPSA) is 37.3 Å². The zero-order chi connectivity index (χ0) is 10.4. The van der Waals surface area contributed by atoms with Gasteiger partial charge in [-0.2, -0.15) is 0 Å². The van der Waals surface area contributed by atoms with Crippen LogP contribution in [0.2, 0.25) is 0 Å². The molecule has 0 saturated carbocycles. The summed E-state index contributed by atoms with van der Waals surface area (Å²) in [7, 11) is 0. The molecule has 0 radical (unpaired) electrons. The van der Waals surface area contributed by atoms with Crippen molar-refractivity contribution in [2.45, 2.75) is 12.8 Å². The summed E-state index contributed by atoms with van der Waals surface area (Å²) in [5, 5.41) is 8.32. The Morgan fingerprint density at radius 3 is 2.79 bits per heavy atom. The third-order valence-corrected chi connectivity index (χ3v) is 1.56. The van der Waals surface area contributed by atoms with E-state index in [2.05, 4.69) is 11.8 Å². The predicted octanol–water partition coefficient (Wildman–Crippen LogP) is 2.04. The molecule has 0 atom stereocenters. The number of hydrogen-bond acceptors (Lipinski definition) is 1. The Balaban J connectivity index is 2.59. The highest BCUT2D eigenvalue weighted by atomic mass is 19.1. The molecule has 0 aliphatic heterocycles. The monoisotopic (exact) mass is 192 g/mol. The van der Waals surface area contributed by atoms with E-state index in [-0.39, 0.29) is 18.7 Å². The van der Waals surface area contributed by atoms with Gasteiger partial charge in [0.2, 0.25) is 0 Å². The normalized spacial score (nSPS) is 8.93. The first-order valence-electron chi connectivity index (χ1n) is 4.15. The van der Waals surface area contributed by atoms with Gasteiger partial charge in [0.05, 0.1) is 12.0 Å². The van der Waals surface area contributed by atoms with Gasteiger partial charge in [-0.25, -0.2) is 4.39 Å². The number of rotatable bonds is 2. The molecule has 0 heterocycles. The maximum absolute atomic E-state index is 13.0. The van der Waals surface area contributed by atoms with Crippen molar-refractivity contribution in [3.63, 3.8) is 0 Å². The van der Waals surface area contributed by atoms with Gasteiger partial charge < -0.3 is 5.11 Å². The molecule has 0 bridgehead atoms. The molecule has 0 aromatic heterocycles. The molecule has 0 aliphatic rings. The van der Waals surface area contributed by atoms with Crippen molar-refractivity contribution >= 4 is 5.97 Å². The molecule has 1 rings (SSSR count). The summed E-state index contributed by atoms with van der Waals surface area (Å²) >= 11 is 0. The van der Waals surface area contributed by atoms with Crippen molar-refractivity contribution < 1.29 is 14.3 Å². The highest BCUT2D eigenvalue weighted by Crippen LogP contribution is 2.03. The van der Waals surface area contributed by atoms with E-state index in [1.807, 2.05) is 0 Å². The van der Waals surface area contributed by atoms with Crippen LogP contribution in [0.3, 0.4) is 0 Å². The standard InChI is InChI=1S/C11H9FO2/c12-10-7-3-1-5-9(10)6-2-4-8-11(13)14/h1,3,5,7H,4,8H2,(H,13,14). The largest absolute Gasteiger partial charge is 0.481 e. The van der Waals surface area contributed by atoms with Crippen molar-refractivity contribution in [1.29, 1.82) is 0 Å². The summed E-state index contributed by atoms with van der Waals surface area (Å²) in [6.07, 6.45) is 0.227. The number of aliphatic carboxylic acids is 1. The van der Waals surface area contributed by atoms with Gasteiger partial charge in [-0.05, 0) is 12.1 Å². The van der Waals surface area contributed by atoms with Crippen molar-refractivity contribution in [3.05, 3.63) is 35.6 Å². The number of halogens is 1. The Morgan fingerprint density at radius 1 is 1.43 bits per heavy atom. The van der Waals surface area contributed by atoms with Crippen LogP contribution in [0.4, 0.5) is 4.39 Å². The summed E-state index contributed by atoms with van der Waals surface area (Å²) in [5.74, 6) is 3.91. The quantitative estimate of drug-likeness (QED) is 0.728. The Kier molecular flexibility index (Phi) is 3.69. The molecule has 1 aromatic carbocycles. The maximum Gasteiger partial charge on any atom is 0.304 e. The third-order valence-electron chi connectivity index (χ3n) is 1.56. The van der Waals surface area contributed by atoms with Crippen LogP contribution >= 0.6 is 0 Å². The number of benzene rings is 1. The van der Waals surface area contributed by atoms with Crippen LogP contribution in [0.5, 0.6) is 0 Å². The van der Waals surface area contributed by atoms with Gasteiger partial charge in [0.25, 0.3) is 0 Å². The summed E-state index contributed by atoms with van der Waals surface area (Å²) in [4.78, 5) is 10.1. The van der Waals surface area contributed by atoms with E-state index < -0.39 is 5.97 Å². The van der Waals surface area contributed by atoms with Crippen LogP contribution in [-0.4, -0.2) is 11.1 Å². The smallest absolute Gasteiger partial charge is 0.304 e. The van der Waals surface area contributed by atoms with E-state index in [9.17, 15) is 9.18 Å². The van der Waals surface area contributed by atoms with Crippen LogP contribution < -0.4 is 0 Å². The molecule has 0 aliphatic carbocycles. The van der Waals surface area contributed by atoms with Crippen LogP contribution in [0, 0.1) is 17.7 Å². The highest BCUT2D eigenvalue weighted by molar-refractivity contribution is 5.67. The molecule has 0 unspecified atom stereocenters. The van der Waals surface area contributed by atoms with Crippen molar-refractivity contribution in [1.82, 2.24) is 0 Å². The summed E-state index contributed by atoms with van der Waals surface area (Å²) in [6, 6.07) is 6.15. The van der Waals surface area contributed by atoms with Crippen LogP contribution in [0.1, 0.15) is 18.4 Å². The SMILES string of the molecule is O=C(O)CCC#Cc1ccccc1F. The van der Waals surface area contributed by atoms with Crippen LogP contribution in [0.25, 0.3) is 0 Å². The molecular formula is C11H9FO2. The van der Waals surface area contributed by atoms with Crippen LogP contribution in [-0.2, 0) is 4.79 Å². The zero-order valence-corrected chi connectivity index (χ0v) is 7.46. The van der Waals surface area contributed by atoms with E-state index in [0.717, 1.165) is 0 Å². The van der Waals surface area contributed by atoms with Gasteiger partial charge in [0.15, 0.2) is 0 Å². The van der Waals surface area contributed by atoms with Gasteiger partial charge >= 0.3 is 5.97 Å². The van der Waals surface area contributed by atoms with E-state index in [1.54, 1.807) is 18.2 Å². The van der Waals surface area contributed by atoms with E-state index in [4.69, 9.17) is 5.11 Å². The third kappa shape index (κ3) is 3.28. The summed E-state index contributed by atoms with van der Waals surface area (Å²) in [5.41, 5.74) is 0.304. The lowest BCUT2D eigenvalue weighted by Crippen LogP contribution is -1.91. The second-order valence-electron chi connectivity index (χ2n) is 2.68. The van der Waals surface area contributed by atoms with E-state index >= 15 is 0 Å². The predicted molar refractivity (Wildman–Crippen MR) is 50.1 cm³/mol. The van der Waals surface area contributed by atoms with Gasteiger partial charge in [-0.3, -0.25) is 4.79 Å². The van der Waals surface area contributed by atoms with Gasteiger partial charge in [0.1, 0.15) is 5.82 Å².